The average molecular weight is 279 g/mol. The highest BCUT2D eigenvalue weighted by Crippen LogP contribution is 2.31. The van der Waals surface area contributed by atoms with Crippen LogP contribution in [0.2, 0.25) is 0 Å². The molecule has 102 valence electrons. The number of benzene rings is 1. The van der Waals surface area contributed by atoms with Gasteiger partial charge in [-0.3, -0.25) is 19.3 Å². The van der Waals surface area contributed by atoms with E-state index >= 15 is 0 Å². The number of anilines is 1. The van der Waals surface area contributed by atoms with Crippen molar-refractivity contribution in [1.82, 2.24) is 10.2 Å². The van der Waals surface area contributed by atoms with Gasteiger partial charge < -0.3 is 11.1 Å². The highest BCUT2D eigenvalue weighted by molar-refractivity contribution is 6.25. The molecular weight excluding hydrogens is 258 g/mol. The van der Waals surface area contributed by atoms with Gasteiger partial charge >= 0.3 is 0 Å². The van der Waals surface area contributed by atoms with Crippen LogP contribution in [0.4, 0.5) is 5.69 Å². The van der Waals surface area contributed by atoms with Crippen LogP contribution >= 0.6 is 0 Å². The summed E-state index contributed by atoms with van der Waals surface area (Å²) in [4.78, 5) is 38.1. The molecule has 6 nitrogen and oxygen atoms in total. The molecule has 20 heavy (non-hydrogen) atoms. The molecule has 1 unspecified atom stereocenters. The maximum absolute atomic E-state index is 12.9. The number of nitrogens with zero attached hydrogens (tertiary/aromatic N) is 1. The maximum atomic E-state index is 12.9. The summed E-state index contributed by atoms with van der Waals surface area (Å²) >= 11 is 0. The Labute approximate surface area is 126 Å². The van der Waals surface area contributed by atoms with E-state index in [0.717, 1.165) is 0 Å². The number of amides is 3. The summed E-state index contributed by atoms with van der Waals surface area (Å²) in [7, 11) is 0. The third-order valence-electron chi connectivity index (χ3n) is 2.77. The minimum Gasteiger partial charge on any atom is -0.398 e. The largest absolute Gasteiger partial charge is 0.398 e. The first-order chi connectivity index (χ1) is 12.6. The van der Waals surface area contributed by atoms with Crippen LogP contribution in [0.15, 0.2) is 30.4 Å². The summed E-state index contributed by atoms with van der Waals surface area (Å²) in [5.74, 6) is -4.41. The van der Waals surface area contributed by atoms with Crippen molar-refractivity contribution in [3.8, 4) is 0 Å². The van der Waals surface area contributed by atoms with Crippen molar-refractivity contribution < 1.29 is 25.3 Å². The van der Waals surface area contributed by atoms with E-state index in [2.05, 4.69) is 6.58 Å². The molecule has 0 aliphatic carbocycles. The van der Waals surface area contributed by atoms with E-state index in [0.29, 0.717) is 0 Å². The summed E-state index contributed by atoms with van der Waals surface area (Å²) in [6.45, 7) is 3.22. The third-order valence-corrected chi connectivity index (χ3v) is 2.77. The second-order valence-corrected chi connectivity index (χ2v) is 4.02. The molecule has 0 radical (unpaired) electrons. The minimum atomic E-state index is -3.43. The van der Waals surface area contributed by atoms with Crippen LogP contribution in [0.5, 0.6) is 0 Å². The molecule has 6 heteroatoms. The van der Waals surface area contributed by atoms with Gasteiger partial charge in [0.15, 0.2) is 0 Å². The molecule has 2 aliphatic heterocycles. The molecule has 1 aromatic rings. The van der Waals surface area contributed by atoms with Crippen molar-refractivity contribution in [2.24, 2.45) is 0 Å². The summed E-state index contributed by atoms with van der Waals surface area (Å²) in [6.07, 6.45) is -6.47. The van der Waals surface area contributed by atoms with Gasteiger partial charge in [-0.05, 0) is 24.8 Å². The van der Waals surface area contributed by atoms with Crippen LogP contribution in [-0.2, 0) is 4.79 Å². The van der Waals surface area contributed by atoms with Gasteiger partial charge in [0.25, 0.3) is 11.8 Å². The van der Waals surface area contributed by atoms with Gasteiger partial charge in [-0.15, -0.1) is 0 Å². The molecule has 2 aliphatic rings. The van der Waals surface area contributed by atoms with Crippen LogP contribution in [0.3, 0.4) is 0 Å². The Morgan fingerprint density at radius 2 is 2.20 bits per heavy atom. The lowest BCUT2D eigenvalue weighted by Gasteiger charge is -2.29. The zero-order valence-corrected chi connectivity index (χ0v) is 9.96. The van der Waals surface area contributed by atoms with E-state index in [-0.39, 0.29) is 4.90 Å². The van der Waals surface area contributed by atoms with Crippen molar-refractivity contribution in [3.63, 3.8) is 0 Å². The van der Waals surface area contributed by atoms with E-state index in [4.69, 9.17) is 16.7 Å². The number of hydrogen-bond donors (Lipinski definition) is 2. The van der Waals surface area contributed by atoms with Gasteiger partial charge in [-0.1, -0.05) is 12.6 Å². The van der Waals surface area contributed by atoms with Crippen molar-refractivity contribution in [1.29, 1.82) is 0 Å². The van der Waals surface area contributed by atoms with Gasteiger partial charge in [0.05, 0.1) is 16.6 Å². The number of nitrogens with one attached hydrogen (secondary N) is 1. The molecule has 1 aromatic carbocycles. The Morgan fingerprint density at radius 1 is 1.45 bits per heavy atom. The zero-order chi connectivity index (χ0) is 21.6. The Morgan fingerprint density at radius 3 is 2.95 bits per heavy atom. The normalized spacial score (nSPS) is 36.5. The first-order valence-corrected chi connectivity index (χ1v) is 5.43. The standard InChI is InChI=1S/C14H13N3O3/c1-7-5-6-10(12(18)16-7)17-13(19)8-3-2-4-9(15)11(8)14(17)20/h2-4,10H,1,5-6,15H2,(H,16,18)/i2D,3D,4D,5D2,6D2,10D. The second-order valence-electron chi connectivity index (χ2n) is 4.02. The lowest BCUT2D eigenvalue weighted by Crippen LogP contribution is -2.51. The number of carbonyl (C=O) groups is 3. The quantitative estimate of drug-likeness (QED) is 0.583. The summed E-state index contributed by atoms with van der Waals surface area (Å²) in [5, 5.41) is 1.88. The first kappa shape index (κ1) is 6.21. The van der Waals surface area contributed by atoms with Gasteiger partial charge in [0.2, 0.25) is 5.91 Å². The van der Waals surface area contributed by atoms with E-state index < -0.39 is 77.1 Å². The molecule has 0 saturated carbocycles. The van der Waals surface area contributed by atoms with Gasteiger partial charge in [-0.25, -0.2) is 0 Å². The van der Waals surface area contributed by atoms with E-state index in [1.807, 2.05) is 5.32 Å². The third kappa shape index (κ3) is 1.61. The van der Waals surface area contributed by atoms with Crippen LogP contribution < -0.4 is 11.1 Å². The molecule has 2 heterocycles. The second kappa shape index (κ2) is 4.19. The molecule has 1 fully saturated rings. The number of allylic oxidation sites excluding steroid dienone is 1. The Hall–Kier alpha value is -2.63. The monoisotopic (exact) mass is 279 g/mol. The van der Waals surface area contributed by atoms with Gasteiger partial charge in [-0.2, -0.15) is 0 Å². The van der Waals surface area contributed by atoms with Crippen LogP contribution in [0.1, 0.15) is 44.4 Å². The maximum Gasteiger partial charge on any atom is 0.264 e. The molecule has 3 N–H and O–H groups in total. The zero-order valence-electron chi connectivity index (χ0n) is 18.0. The molecule has 0 aromatic heterocycles. The summed E-state index contributed by atoms with van der Waals surface area (Å²) in [5.41, 5.74) is 2.87. The van der Waals surface area contributed by atoms with Gasteiger partial charge in [0, 0.05) is 16.9 Å². The Bertz CT molecular complexity index is 961. The summed E-state index contributed by atoms with van der Waals surface area (Å²) < 4.78 is 63.5. The molecule has 0 spiro atoms. The lowest BCUT2D eigenvalue weighted by molar-refractivity contribution is -0.125. The van der Waals surface area contributed by atoms with Crippen molar-refractivity contribution in [2.75, 3.05) is 5.73 Å². The smallest absolute Gasteiger partial charge is 0.264 e. The molecule has 1 saturated heterocycles. The molecule has 0 bridgehead atoms. The number of hydrogen-bond acceptors (Lipinski definition) is 4. The van der Waals surface area contributed by atoms with Crippen molar-refractivity contribution >= 4 is 23.4 Å². The first-order valence-electron chi connectivity index (χ1n) is 9.43. The van der Waals surface area contributed by atoms with Crippen LogP contribution in [-0.4, -0.2) is 28.6 Å². The fourth-order valence-corrected chi connectivity index (χ4v) is 1.90. The number of carbonyl (C=O) groups excluding carboxylic acids is 3. The minimum absolute atomic E-state index is 0.120. The van der Waals surface area contributed by atoms with Crippen molar-refractivity contribution in [3.05, 3.63) is 41.5 Å². The fraction of sp³-hybridized carbons (Fsp3) is 0.214. The topological polar surface area (TPSA) is 92.5 Å². The van der Waals surface area contributed by atoms with E-state index in [1.165, 1.54) is 0 Å². The lowest BCUT2D eigenvalue weighted by atomic mass is 10.0. The predicted octanol–water partition coefficient (Wildman–Crippen LogP) is 0.657. The van der Waals surface area contributed by atoms with Crippen LogP contribution in [0, 0.1) is 0 Å². The molecule has 3 rings (SSSR count). The summed E-state index contributed by atoms with van der Waals surface area (Å²) in [6, 6.07) is -5.74. The number of rotatable bonds is 1. The SMILES string of the molecule is [2H]c1c([2H])c(N)c2c(c1[2H])C(=O)N(C1([2H])C(=O)NC(=C)C([2H])([2H])C1([2H])[2H])C2=O. The van der Waals surface area contributed by atoms with E-state index in [1.54, 1.807) is 0 Å². The Kier molecular flexibility index (Phi) is 1.30. The molecule has 3 amide bonds. The van der Waals surface area contributed by atoms with E-state index in [9.17, 15) is 14.4 Å². The molecule has 1 atom stereocenters. The van der Waals surface area contributed by atoms with Crippen LogP contribution in [0.25, 0.3) is 0 Å². The fourth-order valence-electron chi connectivity index (χ4n) is 1.90. The average Bonchev–Trinajstić information content (AvgIpc) is 2.86. The number of imide groups is 1. The number of piperidine rings is 1. The number of nitrogen functional groups attached to an aromatic ring is 1. The molecular formula is C14H13N3O3. The number of nitrogens with two attached hydrogens (primary N) is 1. The Balaban J connectivity index is 2.31. The number of fused-ring (bicyclic) bond motifs is 1. The predicted molar refractivity (Wildman–Crippen MR) is 71.7 cm³/mol. The van der Waals surface area contributed by atoms with Crippen molar-refractivity contribution in [2.45, 2.75) is 18.8 Å². The highest BCUT2D eigenvalue weighted by atomic mass is 16.2. The highest BCUT2D eigenvalue weighted by Gasteiger charge is 2.44. The van der Waals surface area contributed by atoms with Gasteiger partial charge in [0.1, 0.15) is 6.02 Å².